The number of hydrogen-bond donors (Lipinski definition) is 1. The van der Waals surface area contributed by atoms with Gasteiger partial charge in [-0.05, 0) is 13.0 Å². The van der Waals surface area contributed by atoms with Crippen LogP contribution in [0.5, 0.6) is 0 Å². The van der Waals surface area contributed by atoms with E-state index in [1.165, 1.54) is 0 Å². The zero-order valence-corrected chi connectivity index (χ0v) is 7.97. The van der Waals surface area contributed by atoms with E-state index in [0.29, 0.717) is 5.91 Å². The molecule has 70 valence electrons. The summed E-state index contributed by atoms with van der Waals surface area (Å²) in [6.45, 7) is 7.70. The second-order valence-electron chi connectivity index (χ2n) is 3.58. The Kier molecular flexibility index (Phi) is 3.53. The molecule has 1 saturated heterocycles. The second kappa shape index (κ2) is 4.45. The van der Waals surface area contributed by atoms with Gasteiger partial charge in [-0.1, -0.05) is 13.8 Å². The van der Waals surface area contributed by atoms with Gasteiger partial charge in [-0.25, -0.2) is 0 Å². The Morgan fingerprint density at radius 2 is 2.08 bits per heavy atom. The van der Waals surface area contributed by atoms with Crippen molar-refractivity contribution in [3.05, 3.63) is 0 Å². The molecule has 1 rings (SSSR count). The number of nitrogens with one attached hydrogen (secondary N) is 1. The fourth-order valence-electron chi connectivity index (χ4n) is 1.43. The molecule has 1 fully saturated rings. The van der Waals surface area contributed by atoms with Crippen LogP contribution in [0.3, 0.4) is 0 Å². The third-order valence-electron chi connectivity index (χ3n) is 2.15. The van der Waals surface area contributed by atoms with E-state index >= 15 is 0 Å². The Hall–Kier alpha value is -0.570. The van der Waals surface area contributed by atoms with Crippen molar-refractivity contribution in [3.8, 4) is 0 Å². The minimum absolute atomic E-state index is 0.142. The summed E-state index contributed by atoms with van der Waals surface area (Å²) in [6.07, 6.45) is 1.08. The predicted molar refractivity (Wildman–Crippen MR) is 48.9 cm³/mol. The Balaban J connectivity index is 2.43. The lowest BCUT2D eigenvalue weighted by Crippen LogP contribution is -2.36. The first-order valence-electron chi connectivity index (χ1n) is 4.71. The molecule has 0 spiro atoms. The van der Waals surface area contributed by atoms with Crippen LogP contribution in [0.4, 0.5) is 0 Å². The summed E-state index contributed by atoms with van der Waals surface area (Å²) in [4.78, 5) is 13.5. The number of amides is 1. The molecule has 0 aromatic rings. The third-order valence-corrected chi connectivity index (χ3v) is 2.15. The van der Waals surface area contributed by atoms with Crippen LogP contribution in [0, 0.1) is 5.92 Å². The lowest BCUT2D eigenvalue weighted by atomic mass is 10.2. The molecule has 0 saturated carbocycles. The van der Waals surface area contributed by atoms with Crippen LogP contribution in [-0.4, -0.2) is 37.0 Å². The Morgan fingerprint density at radius 1 is 1.33 bits per heavy atom. The summed E-state index contributed by atoms with van der Waals surface area (Å²) in [6, 6.07) is 0. The van der Waals surface area contributed by atoms with E-state index in [-0.39, 0.29) is 5.92 Å². The highest BCUT2D eigenvalue weighted by molar-refractivity contribution is 5.78. The van der Waals surface area contributed by atoms with E-state index in [1.54, 1.807) is 0 Å². The summed E-state index contributed by atoms with van der Waals surface area (Å²) < 4.78 is 0. The molecular weight excluding hydrogens is 152 g/mol. The number of nitrogens with zero attached hydrogens (tertiary/aromatic N) is 1. The Morgan fingerprint density at radius 3 is 2.75 bits per heavy atom. The van der Waals surface area contributed by atoms with Gasteiger partial charge in [0.05, 0.1) is 0 Å². The van der Waals surface area contributed by atoms with Crippen molar-refractivity contribution in [1.82, 2.24) is 10.2 Å². The van der Waals surface area contributed by atoms with E-state index < -0.39 is 0 Å². The molecule has 1 N–H and O–H groups in total. The van der Waals surface area contributed by atoms with Gasteiger partial charge in [0.2, 0.25) is 5.91 Å². The Labute approximate surface area is 74.1 Å². The van der Waals surface area contributed by atoms with Gasteiger partial charge in [-0.3, -0.25) is 4.79 Å². The fourth-order valence-corrected chi connectivity index (χ4v) is 1.43. The van der Waals surface area contributed by atoms with E-state index in [9.17, 15) is 4.79 Å². The molecule has 0 aromatic carbocycles. The smallest absolute Gasteiger partial charge is 0.225 e. The zero-order chi connectivity index (χ0) is 8.97. The largest absolute Gasteiger partial charge is 0.341 e. The maximum atomic E-state index is 11.5. The molecule has 0 aliphatic carbocycles. The molecule has 1 heterocycles. The first-order chi connectivity index (χ1) is 5.72. The first-order valence-corrected chi connectivity index (χ1v) is 4.71. The van der Waals surface area contributed by atoms with Gasteiger partial charge in [-0.2, -0.15) is 0 Å². The van der Waals surface area contributed by atoms with Gasteiger partial charge in [0, 0.05) is 25.6 Å². The lowest BCUT2D eigenvalue weighted by molar-refractivity contribution is -0.134. The molecule has 1 amide bonds. The summed E-state index contributed by atoms with van der Waals surface area (Å²) >= 11 is 0. The molecular formula is C9H18N2O. The minimum atomic E-state index is 0.142. The van der Waals surface area contributed by atoms with Crippen molar-refractivity contribution in [1.29, 1.82) is 0 Å². The van der Waals surface area contributed by atoms with Crippen LogP contribution in [0.2, 0.25) is 0 Å². The summed E-state index contributed by atoms with van der Waals surface area (Å²) in [5.74, 6) is 0.432. The van der Waals surface area contributed by atoms with E-state index in [4.69, 9.17) is 0 Å². The standard InChI is InChI=1S/C9H18N2O/c1-8(2)9(12)11-6-3-4-10-5-7-11/h8,10H,3-7H2,1-2H3. The van der Waals surface area contributed by atoms with Gasteiger partial charge >= 0.3 is 0 Å². The maximum absolute atomic E-state index is 11.5. The first kappa shape index (κ1) is 9.52. The SMILES string of the molecule is CC(C)C(=O)N1CCCNCC1. The summed E-state index contributed by atoms with van der Waals surface area (Å²) in [5, 5.41) is 3.28. The molecule has 1 aliphatic heterocycles. The van der Waals surface area contributed by atoms with Gasteiger partial charge in [0.15, 0.2) is 0 Å². The van der Waals surface area contributed by atoms with Gasteiger partial charge in [0.25, 0.3) is 0 Å². The number of carbonyl (C=O) groups excluding carboxylic acids is 1. The molecule has 0 aromatic heterocycles. The van der Waals surface area contributed by atoms with Crippen LogP contribution in [0.1, 0.15) is 20.3 Å². The molecule has 0 bridgehead atoms. The molecule has 1 aliphatic rings. The van der Waals surface area contributed by atoms with Crippen LogP contribution in [0.15, 0.2) is 0 Å². The topological polar surface area (TPSA) is 32.3 Å². The van der Waals surface area contributed by atoms with Crippen molar-refractivity contribution in [2.45, 2.75) is 20.3 Å². The molecule has 3 heteroatoms. The van der Waals surface area contributed by atoms with Crippen molar-refractivity contribution < 1.29 is 4.79 Å². The average molecular weight is 170 g/mol. The van der Waals surface area contributed by atoms with Crippen LogP contribution >= 0.6 is 0 Å². The Bertz CT molecular complexity index is 149. The van der Waals surface area contributed by atoms with Crippen molar-refractivity contribution in [2.24, 2.45) is 5.92 Å². The minimum Gasteiger partial charge on any atom is -0.341 e. The van der Waals surface area contributed by atoms with E-state index in [0.717, 1.165) is 32.6 Å². The van der Waals surface area contributed by atoms with Gasteiger partial charge < -0.3 is 10.2 Å². The van der Waals surface area contributed by atoms with Crippen LogP contribution < -0.4 is 5.32 Å². The maximum Gasteiger partial charge on any atom is 0.225 e. The van der Waals surface area contributed by atoms with E-state index in [2.05, 4.69) is 5.32 Å². The number of hydrogen-bond acceptors (Lipinski definition) is 2. The lowest BCUT2D eigenvalue weighted by Gasteiger charge is -2.21. The van der Waals surface area contributed by atoms with E-state index in [1.807, 2.05) is 18.7 Å². The van der Waals surface area contributed by atoms with Gasteiger partial charge in [-0.15, -0.1) is 0 Å². The quantitative estimate of drug-likeness (QED) is 0.620. The van der Waals surface area contributed by atoms with Crippen molar-refractivity contribution in [3.63, 3.8) is 0 Å². The van der Waals surface area contributed by atoms with Crippen LogP contribution in [0.25, 0.3) is 0 Å². The molecule has 0 radical (unpaired) electrons. The molecule has 0 unspecified atom stereocenters. The fraction of sp³-hybridized carbons (Fsp3) is 0.889. The highest BCUT2D eigenvalue weighted by atomic mass is 16.2. The van der Waals surface area contributed by atoms with Crippen molar-refractivity contribution in [2.75, 3.05) is 26.2 Å². The normalized spacial score (nSPS) is 19.4. The second-order valence-corrected chi connectivity index (χ2v) is 3.58. The summed E-state index contributed by atoms with van der Waals surface area (Å²) in [5.41, 5.74) is 0. The van der Waals surface area contributed by atoms with Crippen molar-refractivity contribution >= 4 is 5.91 Å². The van der Waals surface area contributed by atoms with Crippen LogP contribution in [-0.2, 0) is 4.79 Å². The zero-order valence-electron chi connectivity index (χ0n) is 7.97. The number of carbonyl (C=O) groups is 1. The molecule has 12 heavy (non-hydrogen) atoms. The molecule has 0 atom stereocenters. The van der Waals surface area contributed by atoms with Gasteiger partial charge in [0.1, 0.15) is 0 Å². The molecule has 3 nitrogen and oxygen atoms in total. The highest BCUT2D eigenvalue weighted by Crippen LogP contribution is 2.03. The predicted octanol–water partition coefficient (Wildman–Crippen LogP) is 0.464. The average Bonchev–Trinajstić information content (AvgIpc) is 2.30. The highest BCUT2D eigenvalue weighted by Gasteiger charge is 2.17. The number of rotatable bonds is 1. The monoisotopic (exact) mass is 170 g/mol. The third kappa shape index (κ3) is 2.48. The summed E-state index contributed by atoms with van der Waals surface area (Å²) in [7, 11) is 0.